The van der Waals surface area contributed by atoms with Crippen molar-refractivity contribution in [2.75, 3.05) is 9.80 Å². The minimum atomic E-state index is 0.884. The fraction of sp³-hybridized carbons (Fsp3) is 0. The van der Waals surface area contributed by atoms with Gasteiger partial charge in [-0.1, -0.05) is 206 Å². The Hall–Kier alpha value is -9.42. The molecule has 0 spiro atoms. The summed E-state index contributed by atoms with van der Waals surface area (Å²) in [6.07, 6.45) is 5.59. The van der Waals surface area contributed by atoms with Crippen LogP contribution in [0.2, 0.25) is 0 Å². The predicted molar refractivity (Wildman–Crippen MR) is 296 cm³/mol. The van der Waals surface area contributed by atoms with Gasteiger partial charge in [-0.05, 0) is 152 Å². The second-order valence-corrected chi connectivity index (χ2v) is 17.3. The Morgan fingerprint density at radius 2 is 0.343 bits per heavy atom. The van der Waals surface area contributed by atoms with Gasteiger partial charge in [-0.25, -0.2) is 0 Å². The number of rotatable bonds is 12. The average molecular weight is 893 g/mol. The first-order chi connectivity index (χ1) is 34.6. The van der Waals surface area contributed by atoms with Crippen LogP contribution < -0.4 is 9.80 Å². The second kappa shape index (κ2) is 19.8. The molecule has 0 saturated carbocycles. The summed E-state index contributed by atoms with van der Waals surface area (Å²) in [5.41, 5.74) is 21.5. The topological polar surface area (TPSA) is 6.48 Å². The first kappa shape index (κ1) is 43.2. The second-order valence-electron chi connectivity index (χ2n) is 17.3. The summed E-state index contributed by atoms with van der Waals surface area (Å²) in [4.78, 5) is 4.66. The summed E-state index contributed by atoms with van der Waals surface area (Å²) in [5.74, 6) is 2.71. The van der Waals surface area contributed by atoms with Crippen LogP contribution in [-0.4, -0.2) is 0 Å². The van der Waals surface area contributed by atoms with Gasteiger partial charge in [0.15, 0.2) is 0 Å². The van der Waals surface area contributed by atoms with Crippen LogP contribution in [0.3, 0.4) is 0 Å². The molecule has 0 N–H and O–H groups in total. The molecular formula is C68H48N2. The Morgan fingerprint density at radius 1 is 0.186 bits per heavy atom. The van der Waals surface area contributed by atoms with Crippen molar-refractivity contribution in [3.8, 4) is 79.1 Å². The lowest BCUT2D eigenvalue weighted by molar-refractivity contribution is 1.28. The zero-order valence-corrected chi connectivity index (χ0v) is 38.6. The van der Waals surface area contributed by atoms with E-state index >= 15 is 0 Å². The summed E-state index contributed by atoms with van der Waals surface area (Å²) in [5, 5.41) is 0. The standard InChI is InChI=1S/C68H48N2/c1-2-50-18-20-54(21-19-50)55-22-24-56(25-23-55)60-32-44-66(45-33-60)70(65-42-30-59(31-43-65)53-16-10-5-11-17-53)68-48-36-62(37-49-68)61-34-46-67(47-35-61)69(63-38-26-57(27-39-63)51-12-6-3-7-13-51)64-40-28-58(29-41-64)52-14-8-4-9-15-52/h1,3-49H. The highest BCUT2D eigenvalue weighted by atomic mass is 15.1. The number of hydrogen-bond donors (Lipinski definition) is 0. The molecule has 0 heterocycles. The smallest absolute Gasteiger partial charge is 0.0462 e. The monoisotopic (exact) mass is 892 g/mol. The SMILES string of the molecule is C#Cc1ccc(-c2ccc(-c3ccc(N(c4ccc(-c5ccccc5)cc4)c4ccc(-c5ccc(N(c6ccc(-c7ccccc7)cc6)c6ccc(-c7ccccc7)cc6)cc5)cc4)cc3)cc2)cc1. The van der Waals surface area contributed by atoms with Gasteiger partial charge in [0, 0.05) is 39.7 Å². The Morgan fingerprint density at radius 3 is 0.529 bits per heavy atom. The lowest BCUT2D eigenvalue weighted by atomic mass is 9.99. The van der Waals surface area contributed by atoms with Crippen molar-refractivity contribution in [3.05, 3.63) is 291 Å². The van der Waals surface area contributed by atoms with Crippen molar-refractivity contribution in [2.45, 2.75) is 0 Å². The highest BCUT2D eigenvalue weighted by molar-refractivity contribution is 5.84. The molecule has 0 bridgehead atoms. The van der Waals surface area contributed by atoms with Gasteiger partial charge in [0.25, 0.3) is 0 Å². The molecule has 2 heteroatoms. The molecule has 0 saturated heterocycles. The van der Waals surface area contributed by atoms with Crippen LogP contribution in [0.15, 0.2) is 285 Å². The van der Waals surface area contributed by atoms with Gasteiger partial charge in [-0.2, -0.15) is 0 Å². The van der Waals surface area contributed by atoms with Crippen molar-refractivity contribution in [2.24, 2.45) is 0 Å². The average Bonchev–Trinajstić information content (AvgIpc) is 3.45. The molecule has 11 aromatic carbocycles. The molecule has 70 heavy (non-hydrogen) atoms. The lowest BCUT2D eigenvalue weighted by Crippen LogP contribution is -2.10. The highest BCUT2D eigenvalue weighted by Crippen LogP contribution is 2.40. The number of terminal acetylenes is 1. The van der Waals surface area contributed by atoms with Crippen LogP contribution in [0.1, 0.15) is 5.56 Å². The largest absolute Gasteiger partial charge is 0.311 e. The highest BCUT2D eigenvalue weighted by Gasteiger charge is 2.16. The molecule has 0 amide bonds. The fourth-order valence-electron chi connectivity index (χ4n) is 9.22. The zero-order chi connectivity index (χ0) is 47.1. The minimum Gasteiger partial charge on any atom is -0.311 e. The molecule has 0 atom stereocenters. The van der Waals surface area contributed by atoms with Crippen molar-refractivity contribution >= 4 is 34.1 Å². The van der Waals surface area contributed by atoms with E-state index in [9.17, 15) is 0 Å². The molecule has 11 rings (SSSR count). The molecule has 0 radical (unpaired) electrons. The maximum atomic E-state index is 5.59. The summed E-state index contributed by atoms with van der Waals surface area (Å²) in [7, 11) is 0. The fourth-order valence-corrected chi connectivity index (χ4v) is 9.22. The summed E-state index contributed by atoms with van der Waals surface area (Å²) in [6.45, 7) is 0. The molecule has 0 unspecified atom stereocenters. The minimum absolute atomic E-state index is 0.884. The van der Waals surface area contributed by atoms with Crippen molar-refractivity contribution in [3.63, 3.8) is 0 Å². The third-order valence-corrected chi connectivity index (χ3v) is 13.0. The summed E-state index contributed by atoms with van der Waals surface area (Å²) in [6, 6.07) is 102. The van der Waals surface area contributed by atoms with E-state index < -0.39 is 0 Å². The van der Waals surface area contributed by atoms with E-state index in [-0.39, 0.29) is 0 Å². The maximum Gasteiger partial charge on any atom is 0.0462 e. The van der Waals surface area contributed by atoms with Crippen LogP contribution in [0, 0.1) is 12.3 Å². The van der Waals surface area contributed by atoms with E-state index in [1.165, 1.54) is 33.4 Å². The van der Waals surface area contributed by atoms with Crippen LogP contribution in [0.25, 0.3) is 66.8 Å². The van der Waals surface area contributed by atoms with E-state index in [4.69, 9.17) is 6.42 Å². The maximum absolute atomic E-state index is 5.59. The summed E-state index contributed by atoms with van der Waals surface area (Å²) >= 11 is 0. The van der Waals surface area contributed by atoms with E-state index in [2.05, 4.69) is 289 Å². The van der Waals surface area contributed by atoms with E-state index in [0.29, 0.717) is 0 Å². The Balaban J connectivity index is 0.886. The molecule has 0 aliphatic heterocycles. The van der Waals surface area contributed by atoms with Gasteiger partial charge in [0.1, 0.15) is 0 Å². The molecule has 0 aliphatic carbocycles. The van der Waals surface area contributed by atoms with Crippen LogP contribution in [-0.2, 0) is 0 Å². The molecule has 11 aromatic rings. The molecule has 0 aliphatic rings. The number of benzene rings is 11. The van der Waals surface area contributed by atoms with Crippen LogP contribution in [0.4, 0.5) is 34.1 Å². The molecule has 330 valence electrons. The van der Waals surface area contributed by atoms with Crippen molar-refractivity contribution < 1.29 is 0 Å². The first-order valence-electron chi connectivity index (χ1n) is 23.7. The van der Waals surface area contributed by atoms with E-state index in [1.807, 2.05) is 12.1 Å². The third-order valence-electron chi connectivity index (χ3n) is 13.0. The van der Waals surface area contributed by atoms with E-state index in [0.717, 1.165) is 73.1 Å². The van der Waals surface area contributed by atoms with Crippen molar-refractivity contribution in [1.82, 2.24) is 0 Å². The quantitative estimate of drug-likeness (QED) is 0.113. The number of nitrogens with zero attached hydrogens (tertiary/aromatic N) is 2. The number of hydrogen-bond acceptors (Lipinski definition) is 2. The first-order valence-corrected chi connectivity index (χ1v) is 23.7. The van der Waals surface area contributed by atoms with Crippen LogP contribution >= 0.6 is 0 Å². The van der Waals surface area contributed by atoms with Gasteiger partial charge < -0.3 is 9.80 Å². The van der Waals surface area contributed by atoms with Gasteiger partial charge in [0.2, 0.25) is 0 Å². The van der Waals surface area contributed by atoms with Crippen LogP contribution in [0.5, 0.6) is 0 Å². The Kier molecular flexibility index (Phi) is 12.2. The zero-order valence-electron chi connectivity index (χ0n) is 38.6. The molecule has 2 nitrogen and oxygen atoms in total. The van der Waals surface area contributed by atoms with E-state index in [1.54, 1.807) is 0 Å². The lowest BCUT2D eigenvalue weighted by Gasteiger charge is -2.27. The van der Waals surface area contributed by atoms with Gasteiger partial charge in [-0.3, -0.25) is 0 Å². The van der Waals surface area contributed by atoms with Gasteiger partial charge in [0.05, 0.1) is 0 Å². The Labute approximate surface area is 411 Å². The number of anilines is 6. The third kappa shape index (κ3) is 9.29. The van der Waals surface area contributed by atoms with Crippen molar-refractivity contribution in [1.29, 1.82) is 0 Å². The Bertz CT molecular complexity index is 3410. The van der Waals surface area contributed by atoms with Gasteiger partial charge >= 0.3 is 0 Å². The predicted octanol–water partition coefficient (Wildman–Crippen LogP) is 18.6. The normalized spacial score (nSPS) is 10.8. The molecule has 0 fully saturated rings. The molecular weight excluding hydrogens is 845 g/mol. The molecule has 0 aromatic heterocycles. The summed E-state index contributed by atoms with van der Waals surface area (Å²) < 4.78 is 0. The van der Waals surface area contributed by atoms with Gasteiger partial charge in [-0.15, -0.1) is 6.42 Å².